The number of rotatable bonds is 0. The topological polar surface area (TPSA) is 0 Å². The van der Waals surface area contributed by atoms with Gasteiger partial charge in [0.25, 0.3) is 0 Å². The van der Waals surface area contributed by atoms with Crippen LogP contribution in [0.3, 0.4) is 0 Å². The van der Waals surface area contributed by atoms with Crippen LogP contribution >= 0.6 is 0 Å². The van der Waals surface area contributed by atoms with Gasteiger partial charge in [-0.3, -0.25) is 0 Å². The molecule has 133 valence electrons. The Hall–Kier alpha value is 1.10. The zero-order chi connectivity index (χ0) is 15.5. The molecule has 2 atom stereocenters. The van der Waals surface area contributed by atoms with Gasteiger partial charge in [0.15, 0.2) is 0 Å². The quantitative estimate of drug-likeness (QED) is 0.367. The van der Waals surface area contributed by atoms with Crippen molar-refractivity contribution < 1.29 is 32.7 Å². The molecule has 2 fully saturated rings. The summed E-state index contributed by atoms with van der Waals surface area (Å²) in [6, 6.07) is 0. The first kappa shape index (κ1) is 22.1. The van der Waals surface area contributed by atoms with Gasteiger partial charge in [0.1, 0.15) is 0 Å². The van der Waals surface area contributed by atoms with Gasteiger partial charge in [-0.05, 0) is 0 Å². The van der Waals surface area contributed by atoms with Crippen LogP contribution in [-0.4, -0.2) is 0 Å². The molecule has 0 N–H and O–H groups in total. The van der Waals surface area contributed by atoms with Gasteiger partial charge in [-0.2, -0.15) is 18.8 Å². The van der Waals surface area contributed by atoms with Crippen LogP contribution in [0, 0.1) is 17.8 Å². The summed E-state index contributed by atoms with van der Waals surface area (Å²) in [6.45, 7) is 2.44. The van der Waals surface area contributed by atoms with Crippen molar-refractivity contribution in [3.63, 3.8) is 0 Å². The van der Waals surface area contributed by atoms with Gasteiger partial charge in [0, 0.05) is 32.7 Å². The van der Waals surface area contributed by atoms with Gasteiger partial charge in [0.05, 0.1) is 0 Å². The first-order chi connectivity index (χ1) is 10.9. The van der Waals surface area contributed by atoms with Crippen LogP contribution in [0.15, 0.2) is 0 Å². The minimum atomic E-state index is 0. The average Bonchev–Trinajstić information content (AvgIpc) is 3.13. The first-order valence-corrected chi connectivity index (χ1v) is 10.7. The van der Waals surface area contributed by atoms with E-state index in [1.54, 1.807) is 0 Å². The normalized spacial score (nSPS) is 30.7. The van der Waals surface area contributed by atoms with Crippen LogP contribution in [0.25, 0.3) is 0 Å². The second-order valence-electron chi connectivity index (χ2n) is 8.19. The summed E-state index contributed by atoms with van der Waals surface area (Å²) in [7, 11) is 0. The van der Waals surface area contributed by atoms with Gasteiger partial charge in [-0.1, -0.05) is 116 Å². The van der Waals surface area contributed by atoms with E-state index in [-0.39, 0.29) is 32.7 Å². The summed E-state index contributed by atoms with van der Waals surface area (Å²) >= 11 is 0. The second kappa shape index (κ2) is 14.3. The maximum absolute atomic E-state index is 2.44. The molecule has 0 aliphatic heterocycles. The van der Waals surface area contributed by atoms with Crippen LogP contribution in [0.4, 0.5) is 0 Å². The molecule has 2 saturated carbocycles. The summed E-state index contributed by atoms with van der Waals surface area (Å²) in [5, 5.41) is 0. The Morgan fingerprint density at radius 1 is 0.435 bits per heavy atom. The molecule has 0 spiro atoms. The predicted molar refractivity (Wildman–Crippen MR) is 99.0 cm³/mol. The SMILES string of the molecule is C[C-]1C2CCCCCCCCCCCCCCCCCCC12.[Y]. The van der Waals surface area contributed by atoms with Crippen molar-refractivity contribution in [1.29, 1.82) is 0 Å². The Morgan fingerprint density at radius 2 is 0.652 bits per heavy atom. The van der Waals surface area contributed by atoms with E-state index in [0.717, 1.165) is 11.8 Å². The number of fused-ring (bicyclic) bond motifs is 1. The van der Waals surface area contributed by atoms with Gasteiger partial charge in [0.2, 0.25) is 0 Å². The number of hydrogen-bond donors (Lipinski definition) is 0. The van der Waals surface area contributed by atoms with E-state index >= 15 is 0 Å². The largest absolute Gasteiger partial charge is 0.315 e. The fourth-order valence-electron chi connectivity index (χ4n) is 4.60. The minimum absolute atomic E-state index is 0. The van der Waals surface area contributed by atoms with Gasteiger partial charge in [-0.25, -0.2) is 0 Å². The third kappa shape index (κ3) is 9.98. The third-order valence-corrected chi connectivity index (χ3v) is 6.33. The summed E-state index contributed by atoms with van der Waals surface area (Å²) in [4.78, 5) is 0. The Bertz CT molecular complexity index is 237. The Labute approximate surface area is 172 Å². The maximum Gasteiger partial charge on any atom is 0 e. The monoisotopic (exact) mass is 394 g/mol. The Morgan fingerprint density at radius 3 is 0.913 bits per heavy atom. The van der Waals surface area contributed by atoms with Gasteiger partial charge < -0.3 is 5.92 Å². The van der Waals surface area contributed by atoms with Crippen LogP contribution in [0.5, 0.6) is 0 Å². The first-order valence-electron chi connectivity index (χ1n) is 10.7. The molecule has 1 radical (unpaired) electrons. The van der Waals surface area contributed by atoms with E-state index in [2.05, 4.69) is 6.92 Å². The van der Waals surface area contributed by atoms with Crippen LogP contribution in [0.2, 0.25) is 0 Å². The van der Waals surface area contributed by atoms with Crippen molar-refractivity contribution in [2.45, 2.75) is 122 Å². The van der Waals surface area contributed by atoms with Crippen molar-refractivity contribution >= 4 is 0 Å². The van der Waals surface area contributed by atoms with E-state index in [1.165, 1.54) is 116 Å². The minimum Gasteiger partial charge on any atom is -0.315 e. The summed E-state index contributed by atoms with van der Waals surface area (Å²) in [5.74, 6) is 3.92. The van der Waals surface area contributed by atoms with E-state index in [4.69, 9.17) is 0 Å². The molecule has 0 nitrogen and oxygen atoms in total. The molecule has 0 aromatic carbocycles. The van der Waals surface area contributed by atoms with Crippen molar-refractivity contribution in [3.05, 3.63) is 5.92 Å². The van der Waals surface area contributed by atoms with E-state index < -0.39 is 0 Å². The fourth-order valence-corrected chi connectivity index (χ4v) is 4.60. The smallest absolute Gasteiger partial charge is 0 e. The molecule has 2 unspecified atom stereocenters. The zero-order valence-corrected chi connectivity index (χ0v) is 18.8. The molecule has 2 aliphatic carbocycles. The summed E-state index contributed by atoms with van der Waals surface area (Å²) in [5.41, 5.74) is 0. The van der Waals surface area contributed by atoms with E-state index in [9.17, 15) is 0 Å². The zero-order valence-electron chi connectivity index (χ0n) is 16.0. The maximum atomic E-state index is 2.44. The van der Waals surface area contributed by atoms with Gasteiger partial charge in [-0.15, -0.1) is 0 Å². The molecule has 0 aromatic heterocycles. The average molecular weight is 394 g/mol. The predicted octanol–water partition coefficient (Wildman–Crippen LogP) is 7.86. The molecule has 2 rings (SSSR count). The van der Waals surface area contributed by atoms with Gasteiger partial charge >= 0.3 is 0 Å². The van der Waals surface area contributed by atoms with Crippen LogP contribution in [0.1, 0.15) is 122 Å². The molecule has 23 heavy (non-hydrogen) atoms. The molecule has 0 saturated heterocycles. The molecular weight excluding hydrogens is 353 g/mol. The fraction of sp³-hybridized carbons (Fsp3) is 0.955. The standard InChI is InChI=1S/C22H41.Y/c1-20-21-18-16-14-12-10-8-6-4-2-3-5-7-9-11-13-15-17-19-22(20)21;/h21-22H,2-19H2,1H3;/q-1;. The third-order valence-electron chi connectivity index (χ3n) is 6.33. The van der Waals surface area contributed by atoms with E-state index in [0.29, 0.717) is 0 Å². The van der Waals surface area contributed by atoms with E-state index in [1.807, 2.05) is 5.92 Å². The molecule has 0 heterocycles. The Kier molecular flexibility index (Phi) is 13.8. The van der Waals surface area contributed by atoms with Crippen molar-refractivity contribution in [3.8, 4) is 0 Å². The van der Waals surface area contributed by atoms with Crippen LogP contribution < -0.4 is 0 Å². The number of hydrogen-bond acceptors (Lipinski definition) is 0. The Balaban J connectivity index is 0.00000264. The van der Waals surface area contributed by atoms with Crippen LogP contribution in [-0.2, 0) is 32.7 Å². The molecule has 1 heteroatoms. The summed E-state index contributed by atoms with van der Waals surface area (Å²) in [6.07, 6.45) is 27.0. The summed E-state index contributed by atoms with van der Waals surface area (Å²) < 4.78 is 0. The van der Waals surface area contributed by atoms with Crippen molar-refractivity contribution in [1.82, 2.24) is 0 Å². The molecule has 0 aromatic rings. The molecule has 0 bridgehead atoms. The molecule has 2 aliphatic rings. The van der Waals surface area contributed by atoms with Crippen molar-refractivity contribution in [2.24, 2.45) is 11.8 Å². The molecular formula is C22H41Y-. The second-order valence-corrected chi connectivity index (χ2v) is 8.19. The molecule has 0 amide bonds. The van der Waals surface area contributed by atoms with Crippen molar-refractivity contribution in [2.75, 3.05) is 0 Å².